The van der Waals surface area contributed by atoms with E-state index in [1.54, 1.807) is 13.8 Å². The molecule has 26 heavy (non-hydrogen) atoms. The molecule has 0 aromatic rings. The average Bonchev–Trinajstić information content (AvgIpc) is 2.57. The molecule has 0 spiro atoms. The average molecular weight is 477 g/mol. The summed E-state index contributed by atoms with van der Waals surface area (Å²) >= 11 is -2.38. The van der Waals surface area contributed by atoms with Gasteiger partial charge < -0.3 is 0 Å². The topological polar surface area (TPSA) is 60.7 Å². The van der Waals surface area contributed by atoms with Gasteiger partial charge in [-0.2, -0.15) is 0 Å². The van der Waals surface area contributed by atoms with Crippen LogP contribution in [0.5, 0.6) is 0 Å². The van der Waals surface area contributed by atoms with Crippen molar-refractivity contribution in [2.24, 2.45) is 0 Å². The summed E-state index contributed by atoms with van der Waals surface area (Å²) in [5, 5.41) is 30.8. The third-order valence-corrected chi connectivity index (χ3v) is 19.7. The molecule has 156 valence electrons. The second-order valence-electron chi connectivity index (χ2n) is 9.07. The third-order valence-electron chi connectivity index (χ3n) is 5.62. The quantitative estimate of drug-likeness (QED) is 0.270. The zero-order chi connectivity index (χ0) is 20.3. The molecule has 0 saturated carbocycles. The van der Waals surface area contributed by atoms with Gasteiger partial charge in [-0.3, -0.25) is 0 Å². The van der Waals surface area contributed by atoms with Crippen LogP contribution in [0.25, 0.3) is 0 Å². The minimum atomic E-state index is -2.38. The predicted octanol–water partition coefficient (Wildman–Crippen LogP) is 5.59. The molecule has 0 saturated heterocycles. The Labute approximate surface area is 167 Å². The first kappa shape index (κ1) is 26.4. The Morgan fingerprint density at radius 2 is 1.27 bits per heavy atom. The fourth-order valence-corrected chi connectivity index (χ4v) is 18.1. The van der Waals surface area contributed by atoms with Crippen molar-refractivity contribution in [1.29, 1.82) is 0 Å². The number of aliphatic hydroxyl groups excluding tert-OH is 1. The van der Waals surface area contributed by atoms with E-state index in [0.29, 0.717) is 12.8 Å². The third kappa shape index (κ3) is 11.3. The van der Waals surface area contributed by atoms with Gasteiger partial charge in [-0.15, -0.1) is 0 Å². The molecule has 0 fully saturated rings. The van der Waals surface area contributed by atoms with E-state index in [1.165, 1.54) is 51.8 Å². The Hall–Kier alpha value is 0.419. The van der Waals surface area contributed by atoms with Gasteiger partial charge in [0.15, 0.2) is 0 Å². The van der Waals surface area contributed by atoms with Crippen LogP contribution < -0.4 is 0 Å². The molecular formula is C22H46O3Sn. The first-order valence-corrected chi connectivity index (χ1v) is 18.6. The van der Waals surface area contributed by atoms with Gasteiger partial charge in [0.25, 0.3) is 0 Å². The van der Waals surface area contributed by atoms with Crippen LogP contribution in [0.3, 0.4) is 0 Å². The summed E-state index contributed by atoms with van der Waals surface area (Å²) in [6, 6.07) is 0. The summed E-state index contributed by atoms with van der Waals surface area (Å²) < 4.78 is 6.67. The molecule has 0 rings (SSSR count). The van der Waals surface area contributed by atoms with Crippen LogP contribution >= 0.6 is 0 Å². The van der Waals surface area contributed by atoms with E-state index in [2.05, 4.69) is 30.9 Å². The van der Waals surface area contributed by atoms with Crippen molar-refractivity contribution >= 4 is 18.4 Å². The van der Waals surface area contributed by atoms with Gasteiger partial charge in [-0.05, 0) is 0 Å². The van der Waals surface area contributed by atoms with Crippen LogP contribution in [0.4, 0.5) is 0 Å². The molecular weight excluding hydrogens is 431 g/mol. The van der Waals surface area contributed by atoms with Gasteiger partial charge in [0.05, 0.1) is 0 Å². The Kier molecular flexibility index (Phi) is 13.0. The number of hydrogen-bond donors (Lipinski definition) is 3. The van der Waals surface area contributed by atoms with Gasteiger partial charge in [-0.25, -0.2) is 0 Å². The number of hydrogen-bond acceptors (Lipinski definition) is 3. The number of aliphatic hydroxyl groups is 3. The normalized spacial score (nSPS) is 16.8. The molecule has 0 aliphatic carbocycles. The van der Waals surface area contributed by atoms with Gasteiger partial charge in [-0.1, -0.05) is 0 Å². The summed E-state index contributed by atoms with van der Waals surface area (Å²) in [5.74, 6) is 0. The molecule has 0 amide bonds. The number of unbranched alkanes of at least 4 members (excludes halogenated alkanes) is 3. The van der Waals surface area contributed by atoms with Crippen molar-refractivity contribution < 1.29 is 15.3 Å². The Bertz CT molecular complexity index is 364. The molecule has 4 heteroatoms. The molecule has 3 N–H and O–H groups in total. The SMILES string of the molecule is CCC[CH2][Sn](/[CH]=C/[C@@](C)(O)CCC(O)C(C)(C)O)([CH2]CCC)[CH2]CCC. The van der Waals surface area contributed by atoms with E-state index in [1.807, 2.05) is 6.92 Å². The van der Waals surface area contributed by atoms with Crippen LogP contribution in [0.15, 0.2) is 10.2 Å². The fourth-order valence-electron chi connectivity index (χ4n) is 3.43. The monoisotopic (exact) mass is 478 g/mol. The first-order chi connectivity index (χ1) is 12.0. The molecule has 0 bridgehead atoms. The number of rotatable bonds is 15. The summed E-state index contributed by atoms with van der Waals surface area (Å²) in [7, 11) is 0. The van der Waals surface area contributed by atoms with Gasteiger partial charge in [0.1, 0.15) is 0 Å². The molecule has 1 unspecified atom stereocenters. The van der Waals surface area contributed by atoms with E-state index in [9.17, 15) is 15.3 Å². The molecule has 0 radical (unpaired) electrons. The van der Waals surface area contributed by atoms with Crippen molar-refractivity contribution in [1.82, 2.24) is 0 Å². The molecule has 0 aliphatic heterocycles. The van der Waals surface area contributed by atoms with Crippen molar-refractivity contribution in [3.63, 3.8) is 0 Å². The van der Waals surface area contributed by atoms with E-state index in [0.717, 1.165) is 0 Å². The molecule has 0 aromatic heterocycles. The molecule has 0 heterocycles. The van der Waals surface area contributed by atoms with Crippen LogP contribution in [0.2, 0.25) is 13.3 Å². The minimum absolute atomic E-state index is 0.405. The van der Waals surface area contributed by atoms with Gasteiger partial charge in [0, 0.05) is 0 Å². The molecule has 0 aromatic carbocycles. The zero-order valence-corrected chi connectivity index (χ0v) is 21.2. The van der Waals surface area contributed by atoms with E-state index in [4.69, 9.17) is 0 Å². The van der Waals surface area contributed by atoms with Crippen LogP contribution in [-0.2, 0) is 0 Å². The van der Waals surface area contributed by atoms with Crippen molar-refractivity contribution in [3.05, 3.63) is 10.2 Å². The second kappa shape index (κ2) is 12.8. The Morgan fingerprint density at radius 1 is 0.846 bits per heavy atom. The summed E-state index contributed by atoms with van der Waals surface area (Å²) in [4.78, 5) is 0. The molecule has 3 nitrogen and oxygen atoms in total. The van der Waals surface area contributed by atoms with Crippen molar-refractivity contribution in [2.45, 2.75) is 124 Å². The molecule has 2 atom stereocenters. The summed E-state index contributed by atoms with van der Waals surface area (Å²) in [6.07, 6.45) is 9.82. The Balaban J connectivity index is 5.15. The summed E-state index contributed by atoms with van der Waals surface area (Å²) in [6.45, 7) is 11.9. The summed E-state index contributed by atoms with van der Waals surface area (Å²) in [5.41, 5.74) is -2.02. The van der Waals surface area contributed by atoms with Gasteiger partial charge >= 0.3 is 167 Å². The van der Waals surface area contributed by atoms with Crippen LogP contribution in [-0.4, -0.2) is 51.0 Å². The van der Waals surface area contributed by atoms with E-state index < -0.39 is 35.7 Å². The van der Waals surface area contributed by atoms with Crippen molar-refractivity contribution in [2.75, 3.05) is 0 Å². The second-order valence-corrected chi connectivity index (χ2v) is 22.1. The predicted molar refractivity (Wildman–Crippen MR) is 116 cm³/mol. The Morgan fingerprint density at radius 3 is 1.62 bits per heavy atom. The van der Waals surface area contributed by atoms with E-state index >= 15 is 0 Å². The zero-order valence-electron chi connectivity index (χ0n) is 18.4. The molecule has 0 aliphatic rings. The van der Waals surface area contributed by atoms with E-state index in [-0.39, 0.29) is 0 Å². The van der Waals surface area contributed by atoms with Crippen LogP contribution in [0.1, 0.15) is 92.9 Å². The maximum atomic E-state index is 10.8. The van der Waals surface area contributed by atoms with Gasteiger partial charge in [0.2, 0.25) is 0 Å². The fraction of sp³-hybridized carbons (Fsp3) is 0.909. The standard InChI is InChI=1S/C10H19O3.3C4H9.Sn/c1-5-10(4,13)7-6-8(11)9(2,3)12;3*1-3-4-2;/h1,5,8,11-13H,6-7H2,2-4H3;3*1,3-4H2,2H3;/t8?,10-;;;;/m1..../s1. The van der Waals surface area contributed by atoms with Crippen molar-refractivity contribution in [3.8, 4) is 0 Å². The first-order valence-electron chi connectivity index (χ1n) is 10.8. The maximum absolute atomic E-state index is 10.8. The van der Waals surface area contributed by atoms with Crippen LogP contribution in [0, 0.1) is 0 Å².